The highest BCUT2D eigenvalue weighted by Crippen LogP contribution is 2.34. The van der Waals surface area contributed by atoms with E-state index in [2.05, 4.69) is 39.1 Å². The van der Waals surface area contributed by atoms with E-state index in [1.54, 1.807) is 0 Å². The first-order chi connectivity index (χ1) is 12.1. The Labute approximate surface area is 153 Å². The number of hydrogen-bond acceptors (Lipinski definition) is 5. The fourth-order valence-corrected chi connectivity index (χ4v) is 3.13. The molecular formula is C19H22ClN5. The van der Waals surface area contributed by atoms with Gasteiger partial charge in [0.15, 0.2) is 5.82 Å². The third-order valence-corrected chi connectivity index (χ3v) is 5.20. The molecule has 2 aromatic rings. The van der Waals surface area contributed by atoms with Crippen LogP contribution in [0.15, 0.2) is 29.3 Å². The van der Waals surface area contributed by atoms with Gasteiger partial charge < -0.3 is 5.32 Å². The monoisotopic (exact) mass is 355 g/mol. The van der Waals surface area contributed by atoms with Gasteiger partial charge in [0, 0.05) is 17.3 Å². The van der Waals surface area contributed by atoms with Gasteiger partial charge in [0.1, 0.15) is 0 Å². The SMILES string of the molecule is CC(=Nc1nc(N[C@H](C)C2CC2)nc(-c2ccccc2Cl)n1)C1CC1. The minimum absolute atomic E-state index is 0.350. The summed E-state index contributed by atoms with van der Waals surface area (Å²) in [5.74, 6) is 2.89. The lowest BCUT2D eigenvalue weighted by Crippen LogP contribution is -2.19. The van der Waals surface area contributed by atoms with E-state index in [0.29, 0.717) is 40.6 Å². The summed E-state index contributed by atoms with van der Waals surface area (Å²) >= 11 is 6.34. The van der Waals surface area contributed by atoms with Crippen molar-refractivity contribution in [2.75, 3.05) is 5.32 Å². The van der Waals surface area contributed by atoms with Crippen molar-refractivity contribution >= 4 is 29.2 Å². The lowest BCUT2D eigenvalue weighted by molar-refractivity contribution is 0.685. The van der Waals surface area contributed by atoms with Crippen molar-refractivity contribution in [1.29, 1.82) is 0 Å². The van der Waals surface area contributed by atoms with Crippen LogP contribution < -0.4 is 5.32 Å². The van der Waals surface area contributed by atoms with Crippen LogP contribution in [0.2, 0.25) is 5.02 Å². The molecule has 1 N–H and O–H groups in total. The largest absolute Gasteiger partial charge is 0.351 e. The number of benzene rings is 1. The molecule has 0 spiro atoms. The molecule has 2 aliphatic rings. The van der Waals surface area contributed by atoms with Gasteiger partial charge in [-0.05, 0) is 63.5 Å². The second-order valence-electron chi connectivity index (χ2n) is 7.06. The van der Waals surface area contributed by atoms with Crippen LogP contribution >= 0.6 is 11.6 Å². The molecule has 25 heavy (non-hydrogen) atoms. The molecule has 130 valence electrons. The van der Waals surface area contributed by atoms with Crippen molar-refractivity contribution in [1.82, 2.24) is 15.0 Å². The highest BCUT2D eigenvalue weighted by Gasteiger charge is 2.29. The predicted octanol–water partition coefficient (Wildman–Crippen LogP) is 4.90. The fourth-order valence-electron chi connectivity index (χ4n) is 2.91. The second-order valence-corrected chi connectivity index (χ2v) is 7.47. The van der Waals surface area contributed by atoms with E-state index in [1.165, 1.54) is 25.7 Å². The van der Waals surface area contributed by atoms with Crippen molar-refractivity contribution in [2.24, 2.45) is 16.8 Å². The highest BCUT2D eigenvalue weighted by molar-refractivity contribution is 6.33. The van der Waals surface area contributed by atoms with Gasteiger partial charge in [0.05, 0.1) is 5.02 Å². The number of rotatable bonds is 6. The maximum absolute atomic E-state index is 6.34. The molecule has 1 atom stereocenters. The molecule has 0 radical (unpaired) electrons. The van der Waals surface area contributed by atoms with E-state index >= 15 is 0 Å². The molecule has 0 amide bonds. The van der Waals surface area contributed by atoms with Crippen LogP contribution in [0, 0.1) is 11.8 Å². The Morgan fingerprint density at radius 3 is 2.60 bits per heavy atom. The summed E-state index contributed by atoms with van der Waals surface area (Å²) in [5, 5.41) is 4.05. The first kappa shape index (κ1) is 16.5. The number of hydrogen-bond donors (Lipinski definition) is 1. The molecule has 2 fully saturated rings. The summed E-state index contributed by atoms with van der Waals surface area (Å²) in [6.45, 7) is 4.23. The van der Waals surface area contributed by atoms with Crippen LogP contribution in [0.4, 0.5) is 11.9 Å². The normalized spacial score (nSPS) is 18.9. The summed E-state index contributed by atoms with van der Waals surface area (Å²) < 4.78 is 0. The molecule has 6 heteroatoms. The molecule has 4 rings (SSSR count). The summed E-state index contributed by atoms with van der Waals surface area (Å²) in [4.78, 5) is 18.3. The molecule has 0 aliphatic heterocycles. The Kier molecular flexibility index (Phi) is 4.42. The van der Waals surface area contributed by atoms with Crippen LogP contribution in [0.3, 0.4) is 0 Å². The van der Waals surface area contributed by atoms with Gasteiger partial charge in [-0.3, -0.25) is 0 Å². The molecule has 2 aliphatic carbocycles. The summed E-state index contributed by atoms with van der Waals surface area (Å²) in [6, 6.07) is 7.95. The highest BCUT2D eigenvalue weighted by atomic mass is 35.5. The smallest absolute Gasteiger partial charge is 0.254 e. The van der Waals surface area contributed by atoms with Crippen molar-refractivity contribution in [2.45, 2.75) is 45.6 Å². The minimum atomic E-state index is 0.350. The molecule has 5 nitrogen and oxygen atoms in total. The number of halogens is 1. The second kappa shape index (κ2) is 6.71. The van der Waals surface area contributed by atoms with Crippen molar-refractivity contribution in [3.05, 3.63) is 29.3 Å². The zero-order valence-electron chi connectivity index (χ0n) is 14.5. The van der Waals surface area contributed by atoms with Gasteiger partial charge in [0.25, 0.3) is 5.95 Å². The van der Waals surface area contributed by atoms with Crippen LogP contribution in [0.1, 0.15) is 39.5 Å². The average Bonchev–Trinajstić information content (AvgIpc) is 3.48. The quantitative estimate of drug-likeness (QED) is 0.748. The van der Waals surface area contributed by atoms with Crippen LogP contribution in [0.25, 0.3) is 11.4 Å². The molecular weight excluding hydrogens is 334 g/mol. The van der Waals surface area contributed by atoms with Gasteiger partial charge in [-0.1, -0.05) is 23.7 Å². The summed E-state index contributed by atoms with van der Waals surface area (Å²) in [6.07, 6.45) is 4.95. The van der Waals surface area contributed by atoms with Crippen LogP contribution in [0.5, 0.6) is 0 Å². The van der Waals surface area contributed by atoms with E-state index in [-0.39, 0.29) is 0 Å². The molecule has 1 aromatic carbocycles. The summed E-state index contributed by atoms with van der Waals surface area (Å²) in [5.41, 5.74) is 1.90. The van der Waals surface area contributed by atoms with Crippen molar-refractivity contribution in [3.63, 3.8) is 0 Å². The summed E-state index contributed by atoms with van der Waals surface area (Å²) in [7, 11) is 0. The maximum Gasteiger partial charge on any atom is 0.254 e. The molecule has 2 saturated carbocycles. The zero-order valence-corrected chi connectivity index (χ0v) is 15.3. The molecule has 1 aromatic heterocycles. The Morgan fingerprint density at radius 2 is 1.92 bits per heavy atom. The van der Waals surface area contributed by atoms with Gasteiger partial charge in [0.2, 0.25) is 5.95 Å². The Morgan fingerprint density at radius 1 is 1.16 bits per heavy atom. The Balaban J connectivity index is 1.71. The fraction of sp³-hybridized carbons (Fsp3) is 0.474. The van der Waals surface area contributed by atoms with Crippen molar-refractivity contribution in [3.8, 4) is 11.4 Å². The van der Waals surface area contributed by atoms with Gasteiger partial charge in [-0.25, -0.2) is 4.99 Å². The van der Waals surface area contributed by atoms with E-state index < -0.39 is 0 Å². The third kappa shape index (κ3) is 3.98. The Hall–Kier alpha value is -2.01. The zero-order chi connectivity index (χ0) is 17.4. The van der Waals surface area contributed by atoms with Crippen LogP contribution in [-0.4, -0.2) is 26.7 Å². The first-order valence-electron chi connectivity index (χ1n) is 8.93. The molecule has 0 saturated heterocycles. The van der Waals surface area contributed by atoms with E-state index in [0.717, 1.165) is 11.3 Å². The number of nitrogens with one attached hydrogen (secondary N) is 1. The van der Waals surface area contributed by atoms with E-state index in [4.69, 9.17) is 11.6 Å². The number of aromatic nitrogens is 3. The average molecular weight is 356 g/mol. The molecule has 1 heterocycles. The van der Waals surface area contributed by atoms with E-state index in [1.807, 2.05) is 24.3 Å². The van der Waals surface area contributed by atoms with Gasteiger partial charge in [-0.15, -0.1) is 0 Å². The number of anilines is 1. The Bertz CT molecular complexity index is 811. The van der Waals surface area contributed by atoms with Crippen LogP contribution in [-0.2, 0) is 0 Å². The number of aliphatic imine (C=N–C) groups is 1. The maximum atomic E-state index is 6.34. The lowest BCUT2D eigenvalue weighted by atomic mass is 10.2. The predicted molar refractivity (Wildman–Crippen MR) is 102 cm³/mol. The van der Waals surface area contributed by atoms with Gasteiger partial charge in [-0.2, -0.15) is 15.0 Å². The number of nitrogens with zero attached hydrogens (tertiary/aromatic N) is 4. The standard InChI is InChI=1S/C19H22ClN5/c1-11(13-7-8-13)21-18-23-17(15-5-3-4-6-16(15)20)24-19(25-18)22-12(2)14-9-10-14/h3-6,11,13-14H,7-10H2,1-2H3,(H,21,23,24,25)/t11-/m1/s1. The molecule has 0 unspecified atom stereocenters. The third-order valence-electron chi connectivity index (χ3n) is 4.87. The van der Waals surface area contributed by atoms with Crippen molar-refractivity contribution < 1.29 is 0 Å². The molecule has 0 bridgehead atoms. The van der Waals surface area contributed by atoms with E-state index in [9.17, 15) is 0 Å². The topological polar surface area (TPSA) is 63.1 Å². The lowest BCUT2D eigenvalue weighted by Gasteiger charge is -2.14. The minimum Gasteiger partial charge on any atom is -0.351 e. The first-order valence-corrected chi connectivity index (χ1v) is 9.30. The van der Waals surface area contributed by atoms with Gasteiger partial charge >= 0.3 is 0 Å².